The van der Waals surface area contributed by atoms with Crippen LogP contribution in [0.4, 0.5) is 0 Å². The average Bonchev–Trinajstić information content (AvgIpc) is 2.30. The smallest absolute Gasteiger partial charge is 0.0626 e. The van der Waals surface area contributed by atoms with Crippen molar-refractivity contribution in [1.29, 1.82) is 0 Å². The third-order valence-electron chi connectivity index (χ3n) is 1.84. The number of rotatable bonds is 4. The van der Waals surface area contributed by atoms with Crippen LogP contribution in [0.1, 0.15) is 32.4 Å². The largest absolute Gasteiger partial charge is 0.394 e. The first-order valence-electron chi connectivity index (χ1n) is 5.27. The molecule has 2 N–H and O–H groups in total. The summed E-state index contributed by atoms with van der Waals surface area (Å²) >= 11 is 0. The van der Waals surface area contributed by atoms with Gasteiger partial charge in [0.1, 0.15) is 0 Å². The van der Waals surface area contributed by atoms with Crippen molar-refractivity contribution in [3.05, 3.63) is 35.9 Å². The first kappa shape index (κ1) is 13.1. The van der Waals surface area contributed by atoms with Gasteiger partial charge in [0.2, 0.25) is 0 Å². The molecule has 80 valence electrons. The quantitative estimate of drug-likeness (QED) is 0.773. The summed E-state index contributed by atoms with van der Waals surface area (Å²) in [4.78, 5) is 0. The highest BCUT2D eigenvalue weighted by Crippen LogP contribution is 2.10. The maximum absolute atomic E-state index is 9.05. The molecule has 0 saturated heterocycles. The topological polar surface area (TPSA) is 32.3 Å². The fraction of sp³-hybridized carbons (Fsp3) is 0.500. The molecule has 0 radical (unpaired) electrons. The van der Waals surface area contributed by atoms with Crippen LogP contribution in [0.25, 0.3) is 0 Å². The van der Waals surface area contributed by atoms with Crippen molar-refractivity contribution >= 4 is 0 Å². The van der Waals surface area contributed by atoms with E-state index in [0.717, 1.165) is 12.1 Å². The number of hydrogen-bond donors (Lipinski definition) is 2. The first-order valence-corrected chi connectivity index (χ1v) is 5.27. The van der Waals surface area contributed by atoms with Crippen LogP contribution < -0.4 is 5.32 Å². The lowest BCUT2D eigenvalue weighted by molar-refractivity contribution is 0.246. The molecule has 0 aliphatic carbocycles. The minimum absolute atomic E-state index is 0.0798. The van der Waals surface area contributed by atoms with Crippen LogP contribution in [0.15, 0.2) is 30.3 Å². The molecule has 0 saturated carbocycles. The van der Waals surface area contributed by atoms with E-state index in [-0.39, 0.29) is 12.6 Å². The molecule has 1 aromatic rings. The van der Waals surface area contributed by atoms with E-state index < -0.39 is 0 Å². The Balaban J connectivity index is 0.000000791. The molecular formula is C12H21NO. The van der Waals surface area contributed by atoms with E-state index in [4.69, 9.17) is 5.11 Å². The average molecular weight is 195 g/mol. The van der Waals surface area contributed by atoms with Crippen molar-refractivity contribution in [2.24, 2.45) is 0 Å². The summed E-state index contributed by atoms with van der Waals surface area (Å²) in [6, 6.07) is 10.1. The van der Waals surface area contributed by atoms with Crippen LogP contribution in [0.2, 0.25) is 0 Å². The standard InChI is InChI=1S/C10H15NO.C2H6/c1-2-11-10(8-12)9-6-4-3-5-7-9;1-2/h3-7,10-12H,2,8H2,1H3;1-2H3. The number of likely N-dealkylation sites (N-methyl/N-ethyl adjacent to an activating group) is 1. The van der Waals surface area contributed by atoms with E-state index in [1.807, 2.05) is 51.1 Å². The van der Waals surface area contributed by atoms with Gasteiger partial charge in [-0.2, -0.15) is 0 Å². The third kappa shape index (κ3) is 4.40. The Morgan fingerprint density at radius 2 is 1.79 bits per heavy atom. The molecule has 1 aromatic carbocycles. The van der Waals surface area contributed by atoms with Gasteiger partial charge in [-0.1, -0.05) is 51.1 Å². The summed E-state index contributed by atoms with van der Waals surface area (Å²) in [5, 5.41) is 12.2. The Hall–Kier alpha value is -0.860. The lowest BCUT2D eigenvalue weighted by Crippen LogP contribution is -2.23. The minimum atomic E-state index is 0.0798. The van der Waals surface area contributed by atoms with Crippen molar-refractivity contribution < 1.29 is 5.11 Å². The maximum Gasteiger partial charge on any atom is 0.0626 e. The minimum Gasteiger partial charge on any atom is -0.394 e. The highest BCUT2D eigenvalue weighted by atomic mass is 16.3. The van der Waals surface area contributed by atoms with Gasteiger partial charge in [-0.3, -0.25) is 0 Å². The molecule has 14 heavy (non-hydrogen) atoms. The Morgan fingerprint density at radius 1 is 1.21 bits per heavy atom. The van der Waals surface area contributed by atoms with Gasteiger partial charge >= 0.3 is 0 Å². The molecule has 2 heteroatoms. The second-order valence-corrected chi connectivity index (χ2v) is 2.70. The molecule has 0 aliphatic heterocycles. The van der Waals surface area contributed by atoms with Crippen LogP contribution in [0.5, 0.6) is 0 Å². The molecule has 0 fully saturated rings. The molecule has 1 atom stereocenters. The zero-order valence-electron chi connectivity index (χ0n) is 9.33. The van der Waals surface area contributed by atoms with Crippen LogP contribution in [0.3, 0.4) is 0 Å². The molecule has 2 nitrogen and oxygen atoms in total. The van der Waals surface area contributed by atoms with Crippen molar-refractivity contribution in [3.8, 4) is 0 Å². The lowest BCUT2D eigenvalue weighted by Gasteiger charge is -2.14. The molecule has 0 amide bonds. The summed E-state index contributed by atoms with van der Waals surface area (Å²) in [6.07, 6.45) is 0. The fourth-order valence-corrected chi connectivity index (χ4v) is 1.22. The second-order valence-electron chi connectivity index (χ2n) is 2.70. The lowest BCUT2D eigenvalue weighted by atomic mass is 10.1. The van der Waals surface area contributed by atoms with E-state index in [0.29, 0.717) is 0 Å². The van der Waals surface area contributed by atoms with Crippen molar-refractivity contribution in [1.82, 2.24) is 5.32 Å². The van der Waals surface area contributed by atoms with Gasteiger partial charge in [0, 0.05) is 0 Å². The fourth-order valence-electron chi connectivity index (χ4n) is 1.22. The van der Waals surface area contributed by atoms with Crippen molar-refractivity contribution in [3.63, 3.8) is 0 Å². The predicted octanol–water partition coefficient (Wildman–Crippen LogP) is 2.36. The predicted molar refractivity (Wildman–Crippen MR) is 61.3 cm³/mol. The van der Waals surface area contributed by atoms with Crippen LogP contribution >= 0.6 is 0 Å². The number of aliphatic hydroxyl groups is 1. The zero-order chi connectivity index (χ0) is 10.8. The molecule has 0 aromatic heterocycles. The van der Waals surface area contributed by atoms with Gasteiger partial charge in [-0.15, -0.1) is 0 Å². The van der Waals surface area contributed by atoms with E-state index in [2.05, 4.69) is 5.32 Å². The van der Waals surface area contributed by atoms with Crippen LogP contribution in [-0.2, 0) is 0 Å². The molecule has 0 spiro atoms. The summed E-state index contributed by atoms with van der Waals surface area (Å²) in [6.45, 7) is 7.06. The third-order valence-corrected chi connectivity index (χ3v) is 1.84. The highest BCUT2D eigenvalue weighted by molar-refractivity contribution is 5.18. The summed E-state index contributed by atoms with van der Waals surface area (Å²) in [7, 11) is 0. The van der Waals surface area contributed by atoms with E-state index >= 15 is 0 Å². The van der Waals surface area contributed by atoms with Gasteiger partial charge in [0.25, 0.3) is 0 Å². The Bertz CT molecular complexity index is 211. The van der Waals surface area contributed by atoms with Crippen molar-refractivity contribution in [2.75, 3.05) is 13.2 Å². The first-order chi connectivity index (χ1) is 6.88. The van der Waals surface area contributed by atoms with Gasteiger partial charge in [-0.05, 0) is 12.1 Å². The number of hydrogen-bond acceptors (Lipinski definition) is 2. The number of aliphatic hydroxyl groups excluding tert-OH is 1. The Labute approximate surface area is 87.0 Å². The molecule has 1 unspecified atom stereocenters. The normalized spacial score (nSPS) is 11.4. The highest BCUT2D eigenvalue weighted by Gasteiger charge is 2.06. The zero-order valence-corrected chi connectivity index (χ0v) is 9.33. The monoisotopic (exact) mass is 195 g/mol. The second kappa shape index (κ2) is 8.73. The van der Waals surface area contributed by atoms with Crippen molar-refractivity contribution in [2.45, 2.75) is 26.8 Å². The molecule has 0 bridgehead atoms. The van der Waals surface area contributed by atoms with E-state index in [9.17, 15) is 0 Å². The molecule has 0 heterocycles. The molecular weight excluding hydrogens is 174 g/mol. The van der Waals surface area contributed by atoms with Gasteiger partial charge in [0.15, 0.2) is 0 Å². The Kier molecular flexibility index (Phi) is 8.19. The summed E-state index contributed by atoms with van der Waals surface area (Å²) < 4.78 is 0. The Morgan fingerprint density at radius 3 is 2.21 bits per heavy atom. The van der Waals surface area contributed by atoms with Gasteiger partial charge in [-0.25, -0.2) is 0 Å². The van der Waals surface area contributed by atoms with Gasteiger partial charge in [0.05, 0.1) is 12.6 Å². The van der Waals surface area contributed by atoms with Gasteiger partial charge < -0.3 is 10.4 Å². The number of nitrogens with one attached hydrogen (secondary N) is 1. The van der Waals surface area contributed by atoms with E-state index in [1.54, 1.807) is 0 Å². The summed E-state index contributed by atoms with van der Waals surface area (Å²) in [5.41, 5.74) is 1.14. The SMILES string of the molecule is CC.CCNC(CO)c1ccccc1. The van der Waals surface area contributed by atoms with E-state index in [1.165, 1.54) is 0 Å². The number of benzene rings is 1. The molecule has 0 aliphatic rings. The maximum atomic E-state index is 9.05. The summed E-state index contributed by atoms with van der Waals surface area (Å²) in [5.74, 6) is 0. The molecule has 1 rings (SSSR count). The van der Waals surface area contributed by atoms with Crippen LogP contribution in [0, 0.1) is 0 Å². The van der Waals surface area contributed by atoms with Crippen LogP contribution in [-0.4, -0.2) is 18.3 Å².